The number of halogens is 3. The normalized spacial score (nSPS) is 17.9. The highest BCUT2D eigenvalue weighted by Gasteiger charge is 2.31. The average Bonchev–Trinajstić information content (AvgIpc) is 3.60. The van der Waals surface area contributed by atoms with E-state index in [-0.39, 0.29) is 11.6 Å². The Morgan fingerprint density at radius 2 is 1.85 bits per heavy atom. The molecular weight excluding hydrogens is 523 g/mol. The van der Waals surface area contributed by atoms with Crippen molar-refractivity contribution in [2.45, 2.75) is 25.4 Å². The molecule has 1 aromatic carbocycles. The molecule has 0 bridgehead atoms. The largest absolute Gasteiger partial charge is 0.417 e. The summed E-state index contributed by atoms with van der Waals surface area (Å²) in [7, 11) is 0. The van der Waals surface area contributed by atoms with Crippen molar-refractivity contribution in [3.8, 4) is 0 Å². The standard InChI is InChI=1S/C28H28F3N7O2/c1-18-2-3-19(27(39)34-22-13-21(14-32-15-22)28(29,30)31)12-23(18)20-6-7-37(17-20)26-16-33-24-4-5-25(35-38(24)26)36-8-10-40-11-9-36/h2-5,12-16,20H,6-11,17H2,1H3,(H,34,39). The minimum atomic E-state index is -4.54. The topological polar surface area (TPSA) is 87.9 Å². The van der Waals surface area contributed by atoms with Crippen molar-refractivity contribution < 1.29 is 22.7 Å². The number of hydrogen-bond acceptors (Lipinski definition) is 7. The summed E-state index contributed by atoms with van der Waals surface area (Å²) in [5.41, 5.74) is 2.31. The molecule has 6 rings (SSSR count). The van der Waals surface area contributed by atoms with Crippen LogP contribution in [0, 0.1) is 6.92 Å². The number of morpholine rings is 1. The lowest BCUT2D eigenvalue weighted by Crippen LogP contribution is -2.37. The Labute approximate surface area is 228 Å². The van der Waals surface area contributed by atoms with Gasteiger partial charge in [-0.15, -0.1) is 5.10 Å². The lowest BCUT2D eigenvalue weighted by molar-refractivity contribution is -0.137. The summed E-state index contributed by atoms with van der Waals surface area (Å²) in [6, 6.07) is 10.2. The molecule has 2 aliphatic rings. The summed E-state index contributed by atoms with van der Waals surface area (Å²) >= 11 is 0. The number of carbonyl (C=O) groups is 1. The van der Waals surface area contributed by atoms with E-state index >= 15 is 0 Å². The van der Waals surface area contributed by atoms with Crippen molar-refractivity contribution in [1.82, 2.24) is 19.6 Å². The third-order valence-corrected chi connectivity index (χ3v) is 7.48. The summed E-state index contributed by atoms with van der Waals surface area (Å²) < 4.78 is 46.5. The Kier molecular flexibility index (Phi) is 6.78. The van der Waals surface area contributed by atoms with E-state index in [0.717, 1.165) is 73.3 Å². The van der Waals surface area contributed by atoms with Crippen molar-refractivity contribution in [3.05, 3.63) is 77.2 Å². The molecule has 0 radical (unpaired) electrons. The van der Waals surface area contributed by atoms with Crippen LogP contribution in [0.25, 0.3) is 5.65 Å². The molecule has 1 atom stereocenters. The Bertz CT molecular complexity index is 1550. The lowest BCUT2D eigenvalue weighted by atomic mass is 9.92. The van der Waals surface area contributed by atoms with Crippen LogP contribution in [-0.4, -0.2) is 64.9 Å². The number of nitrogens with one attached hydrogen (secondary N) is 1. The van der Waals surface area contributed by atoms with E-state index in [4.69, 9.17) is 9.84 Å². The fraction of sp³-hybridized carbons (Fsp3) is 0.357. The number of imidazole rings is 1. The van der Waals surface area contributed by atoms with Gasteiger partial charge in [-0.1, -0.05) is 6.07 Å². The van der Waals surface area contributed by atoms with Gasteiger partial charge in [0.15, 0.2) is 11.5 Å². The van der Waals surface area contributed by atoms with Crippen LogP contribution >= 0.6 is 0 Å². The molecule has 1 unspecified atom stereocenters. The zero-order valence-corrected chi connectivity index (χ0v) is 21.9. The van der Waals surface area contributed by atoms with Crippen LogP contribution in [0.2, 0.25) is 0 Å². The maximum atomic E-state index is 13.1. The van der Waals surface area contributed by atoms with Crippen LogP contribution in [0.1, 0.15) is 39.4 Å². The van der Waals surface area contributed by atoms with E-state index in [9.17, 15) is 18.0 Å². The molecule has 3 aromatic heterocycles. The number of ether oxygens (including phenoxy) is 1. The summed E-state index contributed by atoms with van der Waals surface area (Å²) in [5, 5.41) is 7.42. The SMILES string of the molecule is Cc1ccc(C(=O)Nc2cncc(C(F)(F)F)c2)cc1C1CCN(c2cnc3ccc(N4CCOCC4)nn23)C1. The van der Waals surface area contributed by atoms with E-state index in [1.54, 1.807) is 6.07 Å². The molecule has 0 aliphatic carbocycles. The van der Waals surface area contributed by atoms with Gasteiger partial charge in [-0.3, -0.25) is 9.78 Å². The molecule has 5 heterocycles. The number of fused-ring (bicyclic) bond motifs is 1. The Morgan fingerprint density at radius 3 is 2.65 bits per heavy atom. The maximum Gasteiger partial charge on any atom is 0.417 e. The van der Waals surface area contributed by atoms with Gasteiger partial charge in [0.1, 0.15) is 5.82 Å². The van der Waals surface area contributed by atoms with Gasteiger partial charge >= 0.3 is 6.18 Å². The Balaban J connectivity index is 1.20. The molecule has 4 aromatic rings. The first kappa shape index (κ1) is 26.1. The third-order valence-electron chi connectivity index (χ3n) is 7.48. The molecule has 0 spiro atoms. The number of aryl methyl sites for hydroxylation is 1. The van der Waals surface area contributed by atoms with Crippen LogP contribution < -0.4 is 15.1 Å². The van der Waals surface area contributed by atoms with E-state index in [1.165, 1.54) is 6.20 Å². The van der Waals surface area contributed by atoms with Crippen molar-refractivity contribution in [2.24, 2.45) is 0 Å². The van der Waals surface area contributed by atoms with Crippen molar-refractivity contribution in [2.75, 3.05) is 54.5 Å². The molecular formula is C28H28F3N7O2. The maximum absolute atomic E-state index is 13.1. The predicted molar refractivity (Wildman–Crippen MR) is 144 cm³/mol. The fourth-order valence-electron chi connectivity index (χ4n) is 5.34. The minimum Gasteiger partial charge on any atom is -0.378 e. The number of rotatable bonds is 5. The van der Waals surface area contributed by atoms with Gasteiger partial charge in [0, 0.05) is 43.9 Å². The predicted octanol–water partition coefficient (Wildman–Crippen LogP) is 4.53. The van der Waals surface area contributed by atoms with Crippen LogP contribution in [0.3, 0.4) is 0 Å². The minimum absolute atomic E-state index is 0.00875. The van der Waals surface area contributed by atoms with Gasteiger partial charge in [0.05, 0.1) is 36.9 Å². The average molecular weight is 552 g/mol. The zero-order chi connectivity index (χ0) is 27.9. The van der Waals surface area contributed by atoms with Crippen molar-refractivity contribution >= 4 is 28.9 Å². The molecule has 2 fully saturated rings. The van der Waals surface area contributed by atoms with Crippen LogP contribution in [-0.2, 0) is 10.9 Å². The van der Waals surface area contributed by atoms with E-state index in [1.807, 2.05) is 41.9 Å². The number of alkyl halides is 3. The number of carbonyl (C=O) groups excluding carboxylic acids is 1. The number of hydrogen-bond donors (Lipinski definition) is 1. The third kappa shape index (κ3) is 5.18. The highest BCUT2D eigenvalue weighted by molar-refractivity contribution is 6.04. The smallest absolute Gasteiger partial charge is 0.378 e. The van der Waals surface area contributed by atoms with E-state index in [0.29, 0.717) is 18.8 Å². The molecule has 40 heavy (non-hydrogen) atoms. The Morgan fingerprint density at radius 1 is 1.02 bits per heavy atom. The number of anilines is 3. The molecule has 208 valence electrons. The molecule has 9 nitrogen and oxygen atoms in total. The van der Waals surface area contributed by atoms with Gasteiger partial charge < -0.3 is 19.9 Å². The van der Waals surface area contributed by atoms with Crippen LogP contribution in [0.15, 0.2) is 55.0 Å². The number of pyridine rings is 1. The number of nitrogens with zero attached hydrogens (tertiary/aromatic N) is 6. The number of benzene rings is 1. The highest BCUT2D eigenvalue weighted by Crippen LogP contribution is 2.34. The van der Waals surface area contributed by atoms with Gasteiger partial charge in [-0.25, -0.2) is 4.98 Å². The molecule has 2 saturated heterocycles. The zero-order valence-electron chi connectivity index (χ0n) is 21.9. The van der Waals surface area contributed by atoms with E-state index < -0.39 is 17.6 Å². The second kappa shape index (κ2) is 10.4. The fourth-order valence-corrected chi connectivity index (χ4v) is 5.34. The van der Waals surface area contributed by atoms with Crippen molar-refractivity contribution in [3.63, 3.8) is 0 Å². The second-order valence-corrected chi connectivity index (χ2v) is 10.1. The van der Waals surface area contributed by atoms with Crippen LogP contribution in [0.4, 0.5) is 30.5 Å². The van der Waals surface area contributed by atoms with Crippen molar-refractivity contribution in [1.29, 1.82) is 0 Å². The van der Waals surface area contributed by atoms with Gasteiger partial charge in [0.25, 0.3) is 5.91 Å². The Hall–Kier alpha value is -4.19. The van der Waals surface area contributed by atoms with Gasteiger partial charge in [0.2, 0.25) is 0 Å². The van der Waals surface area contributed by atoms with Gasteiger partial charge in [-0.2, -0.15) is 17.7 Å². The quantitative estimate of drug-likeness (QED) is 0.390. The number of amides is 1. The summed E-state index contributed by atoms with van der Waals surface area (Å²) in [5.74, 6) is 1.47. The summed E-state index contributed by atoms with van der Waals surface area (Å²) in [4.78, 5) is 25.6. The van der Waals surface area contributed by atoms with E-state index in [2.05, 4.69) is 25.1 Å². The van der Waals surface area contributed by atoms with Gasteiger partial charge in [-0.05, 0) is 54.8 Å². The first-order valence-electron chi connectivity index (χ1n) is 13.1. The highest BCUT2D eigenvalue weighted by atomic mass is 19.4. The summed E-state index contributed by atoms with van der Waals surface area (Å²) in [6.45, 7) is 6.47. The summed E-state index contributed by atoms with van der Waals surface area (Å²) in [6.07, 6.45) is 0.104. The number of aromatic nitrogens is 4. The second-order valence-electron chi connectivity index (χ2n) is 10.1. The molecule has 1 N–H and O–H groups in total. The molecule has 12 heteroatoms. The molecule has 1 amide bonds. The first-order chi connectivity index (χ1) is 19.3. The van der Waals surface area contributed by atoms with Crippen LogP contribution in [0.5, 0.6) is 0 Å². The molecule has 0 saturated carbocycles. The molecule has 2 aliphatic heterocycles. The lowest BCUT2D eigenvalue weighted by Gasteiger charge is -2.27. The first-order valence-corrected chi connectivity index (χ1v) is 13.1. The monoisotopic (exact) mass is 551 g/mol.